The molecule has 15 heteroatoms. The topological polar surface area (TPSA) is 202 Å². The van der Waals surface area contributed by atoms with Crippen molar-refractivity contribution in [3.8, 4) is 23.0 Å². The number of hydrogen-bond acceptors (Lipinski definition) is 12. The predicted molar refractivity (Wildman–Crippen MR) is 164 cm³/mol. The number of nitrogens with zero attached hydrogens (tertiary/aromatic N) is 1. The van der Waals surface area contributed by atoms with E-state index < -0.39 is 22.1 Å². The highest BCUT2D eigenvalue weighted by molar-refractivity contribution is 7.84. The van der Waals surface area contributed by atoms with Crippen LogP contribution in [0.5, 0.6) is 23.0 Å². The fourth-order valence-corrected chi connectivity index (χ4v) is 3.40. The SMILES string of the molecule is CNC(=O)c1ccc[n+](COC(=O)Oc2ccc(C=CC(=O)C=C(O)C=Cc3ccc(O)c(OC)c3)cc2OC)c1.CS(=O)(=O)[O-]. The molecule has 0 aliphatic rings. The summed E-state index contributed by atoms with van der Waals surface area (Å²) in [6.07, 6.45) is 9.45. The number of aliphatic hydroxyl groups excluding tert-OH is 1. The van der Waals surface area contributed by atoms with Crippen LogP contribution in [0.15, 0.2) is 84.9 Å². The summed E-state index contributed by atoms with van der Waals surface area (Å²) in [6.45, 7) is -0.187. The number of aromatic hydroxyl groups is 1. The standard InChI is InChI=1S/C30H28N2O9.CH4O3S/c1-31-29(36)22-5-4-14-32(18-22)19-40-30(37)41-26-13-9-21(16-28(26)39-3)7-11-24(34)17-23(33)10-6-20-8-12-25(35)27(15-20)38-2;1-5(2,3)4/h4-18H,19H2,1-3H3,(H2-,31,33,34,35,36);1H3,(H,2,3,4). The molecule has 1 aromatic heterocycles. The highest BCUT2D eigenvalue weighted by Gasteiger charge is 2.15. The van der Waals surface area contributed by atoms with Crippen molar-refractivity contribution in [2.75, 3.05) is 27.5 Å². The van der Waals surface area contributed by atoms with E-state index in [9.17, 15) is 24.6 Å². The average molecular weight is 657 g/mol. The Bertz CT molecular complexity index is 1740. The number of carbonyl (C=O) groups is 3. The Morgan fingerprint density at radius 1 is 0.957 bits per heavy atom. The van der Waals surface area contributed by atoms with Crippen molar-refractivity contribution in [2.45, 2.75) is 6.73 Å². The highest BCUT2D eigenvalue weighted by atomic mass is 32.2. The maximum Gasteiger partial charge on any atom is 0.518 e. The van der Waals surface area contributed by atoms with E-state index >= 15 is 0 Å². The Morgan fingerprint density at radius 3 is 2.20 bits per heavy atom. The van der Waals surface area contributed by atoms with Gasteiger partial charge in [-0.15, -0.1) is 0 Å². The van der Waals surface area contributed by atoms with Crippen LogP contribution in [0.2, 0.25) is 0 Å². The maximum atomic E-state index is 12.3. The molecular formula is C31H32N2O12S. The van der Waals surface area contributed by atoms with Crippen molar-refractivity contribution in [2.24, 2.45) is 0 Å². The summed E-state index contributed by atoms with van der Waals surface area (Å²) in [6, 6.07) is 12.5. The quantitative estimate of drug-likeness (QED) is 0.0519. The van der Waals surface area contributed by atoms with Crippen molar-refractivity contribution in [3.05, 3.63) is 102 Å². The molecule has 1 amide bonds. The molecule has 0 atom stereocenters. The van der Waals surface area contributed by atoms with Gasteiger partial charge < -0.3 is 39.0 Å². The molecule has 3 aromatic rings. The summed E-state index contributed by atoms with van der Waals surface area (Å²) >= 11 is 0. The number of phenolic OH excluding ortho intramolecular Hbond substituents is 1. The van der Waals surface area contributed by atoms with Gasteiger partial charge in [0, 0.05) is 25.4 Å². The van der Waals surface area contributed by atoms with Gasteiger partial charge in [-0.2, -0.15) is 4.57 Å². The minimum absolute atomic E-state index is 0.0124. The van der Waals surface area contributed by atoms with E-state index in [0.717, 1.165) is 6.08 Å². The van der Waals surface area contributed by atoms with Crippen molar-refractivity contribution < 1.29 is 61.1 Å². The fourth-order valence-electron chi connectivity index (χ4n) is 3.40. The van der Waals surface area contributed by atoms with Crippen LogP contribution in [0.1, 0.15) is 21.5 Å². The van der Waals surface area contributed by atoms with E-state index in [2.05, 4.69) is 5.32 Å². The van der Waals surface area contributed by atoms with E-state index in [1.807, 2.05) is 0 Å². The van der Waals surface area contributed by atoms with Gasteiger partial charge in [-0.25, -0.2) is 13.2 Å². The van der Waals surface area contributed by atoms with Crippen LogP contribution in [0.4, 0.5) is 4.79 Å². The monoisotopic (exact) mass is 656 g/mol. The molecule has 0 bridgehead atoms. The zero-order valence-electron chi connectivity index (χ0n) is 25.2. The number of allylic oxidation sites excluding steroid dienone is 3. The van der Waals surface area contributed by atoms with Gasteiger partial charge >= 0.3 is 6.16 Å². The van der Waals surface area contributed by atoms with Crippen molar-refractivity contribution in [1.82, 2.24) is 5.32 Å². The van der Waals surface area contributed by atoms with Gasteiger partial charge in [0.1, 0.15) is 11.3 Å². The van der Waals surface area contributed by atoms with Crippen LogP contribution in [0, 0.1) is 0 Å². The first-order chi connectivity index (χ1) is 21.7. The Labute approximate surface area is 265 Å². The van der Waals surface area contributed by atoms with Crippen molar-refractivity contribution in [3.63, 3.8) is 0 Å². The number of phenols is 1. The molecule has 0 aliphatic heterocycles. The summed E-state index contributed by atoms with van der Waals surface area (Å²) in [5.41, 5.74) is 1.61. The van der Waals surface area contributed by atoms with Crippen LogP contribution in [-0.2, 0) is 26.4 Å². The molecule has 3 rings (SSSR count). The fraction of sp³-hybridized carbons (Fsp3) is 0.161. The van der Waals surface area contributed by atoms with Crippen LogP contribution in [-0.4, -0.2) is 68.6 Å². The van der Waals surface area contributed by atoms with E-state index in [0.29, 0.717) is 22.9 Å². The summed E-state index contributed by atoms with van der Waals surface area (Å²) < 4.78 is 49.4. The lowest BCUT2D eigenvalue weighted by atomic mass is 10.1. The van der Waals surface area contributed by atoms with Crippen LogP contribution in [0.3, 0.4) is 0 Å². The number of ether oxygens (including phenoxy) is 4. The first-order valence-electron chi connectivity index (χ1n) is 13.0. The minimum Gasteiger partial charge on any atom is -0.748 e. The Kier molecular flexibility index (Phi) is 14.0. The molecule has 14 nitrogen and oxygen atoms in total. The van der Waals surface area contributed by atoms with E-state index in [4.69, 9.17) is 31.9 Å². The van der Waals surface area contributed by atoms with Gasteiger partial charge in [0.05, 0.1) is 24.3 Å². The van der Waals surface area contributed by atoms with E-state index in [1.165, 1.54) is 62.4 Å². The normalized spacial score (nSPS) is 11.4. The minimum atomic E-state index is -3.92. The van der Waals surface area contributed by atoms with E-state index in [1.54, 1.807) is 48.7 Å². The predicted octanol–water partition coefficient (Wildman–Crippen LogP) is 3.13. The van der Waals surface area contributed by atoms with Crippen molar-refractivity contribution in [1.29, 1.82) is 0 Å². The van der Waals surface area contributed by atoms with Gasteiger partial charge in [0.2, 0.25) is 0 Å². The van der Waals surface area contributed by atoms with Crippen LogP contribution >= 0.6 is 0 Å². The summed E-state index contributed by atoms with van der Waals surface area (Å²) in [5.74, 6) is -0.445. The summed E-state index contributed by atoms with van der Waals surface area (Å²) in [7, 11) is 0.414. The Morgan fingerprint density at radius 2 is 1.57 bits per heavy atom. The highest BCUT2D eigenvalue weighted by Crippen LogP contribution is 2.29. The second-order valence-electron chi connectivity index (χ2n) is 9.00. The number of methoxy groups -OCH3 is 2. The second kappa shape index (κ2) is 17.6. The van der Waals surface area contributed by atoms with Gasteiger partial charge in [0.25, 0.3) is 12.6 Å². The molecular weight excluding hydrogens is 624 g/mol. The first-order valence-corrected chi connectivity index (χ1v) is 14.9. The third-order valence-electron chi connectivity index (χ3n) is 5.44. The van der Waals surface area contributed by atoms with Gasteiger partial charge in [0.15, 0.2) is 41.2 Å². The third-order valence-corrected chi connectivity index (χ3v) is 5.44. The van der Waals surface area contributed by atoms with Crippen LogP contribution in [0.25, 0.3) is 12.2 Å². The average Bonchev–Trinajstić information content (AvgIpc) is 3.01. The molecule has 2 aromatic carbocycles. The number of hydrogen-bond donors (Lipinski definition) is 3. The second-order valence-corrected chi connectivity index (χ2v) is 10.4. The van der Waals surface area contributed by atoms with Gasteiger partial charge in [-0.3, -0.25) is 9.59 Å². The smallest absolute Gasteiger partial charge is 0.518 e. The molecule has 0 unspecified atom stereocenters. The third kappa shape index (κ3) is 13.3. The number of ketones is 1. The molecule has 0 saturated heterocycles. The number of aliphatic hydroxyl groups is 1. The summed E-state index contributed by atoms with van der Waals surface area (Å²) in [5, 5.41) is 22.2. The zero-order chi connectivity index (χ0) is 34.3. The Hall–Kier alpha value is -5.67. The summed E-state index contributed by atoms with van der Waals surface area (Å²) in [4.78, 5) is 36.2. The van der Waals surface area contributed by atoms with Gasteiger partial charge in [-0.05, 0) is 53.6 Å². The molecule has 0 aliphatic carbocycles. The lowest BCUT2D eigenvalue weighted by Crippen LogP contribution is -2.37. The Balaban J connectivity index is 0.00000136. The lowest BCUT2D eigenvalue weighted by molar-refractivity contribution is -0.727. The number of amides is 1. The van der Waals surface area contributed by atoms with Crippen LogP contribution < -0.4 is 24.1 Å². The number of carbonyl (C=O) groups excluding carboxylic acids is 3. The number of pyridine rings is 1. The first kappa shape index (κ1) is 36.5. The molecule has 1 heterocycles. The molecule has 46 heavy (non-hydrogen) atoms. The molecule has 0 radical (unpaired) electrons. The van der Waals surface area contributed by atoms with E-state index in [-0.39, 0.29) is 41.4 Å². The number of rotatable bonds is 11. The molecule has 0 saturated carbocycles. The van der Waals surface area contributed by atoms with Gasteiger partial charge in [-0.1, -0.05) is 24.3 Å². The maximum absolute atomic E-state index is 12.3. The number of aromatic nitrogens is 1. The molecule has 0 fully saturated rings. The molecule has 244 valence electrons. The largest absolute Gasteiger partial charge is 0.748 e. The lowest BCUT2D eigenvalue weighted by Gasteiger charge is -2.09. The molecule has 0 spiro atoms. The molecule has 3 N–H and O–H groups in total. The zero-order valence-corrected chi connectivity index (χ0v) is 26.0. The van der Waals surface area contributed by atoms with Crippen molar-refractivity contribution >= 4 is 40.1 Å². The number of benzene rings is 2. The number of nitrogens with one attached hydrogen (secondary N) is 1.